The van der Waals surface area contributed by atoms with Crippen LogP contribution in [-0.4, -0.2) is 37.3 Å². The molecule has 0 aliphatic carbocycles. The van der Waals surface area contributed by atoms with Crippen molar-refractivity contribution in [3.05, 3.63) is 18.0 Å². The summed E-state index contributed by atoms with van der Waals surface area (Å²) >= 11 is 0. The van der Waals surface area contributed by atoms with Crippen molar-refractivity contribution in [1.29, 1.82) is 0 Å². The Bertz CT molecular complexity index is 391. The highest BCUT2D eigenvalue weighted by atomic mass is 16.6. The number of hydrogen-bond acceptors (Lipinski definition) is 5. The Morgan fingerprint density at radius 3 is 3.06 bits per heavy atom. The Hall–Kier alpha value is -1.33. The molecule has 2 aliphatic heterocycles. The van der Waals surface area contributed by atoms with Crippen LogP contribution in [0.25, 0.3) is 0 Å². The summed E-state index contributed by atoms with van der Waals surface area (Å²) in [6.07, 6.45) is 2.93. The molecule has 5 heteroatoms. The third kappa shape index (κ3) is 2.50. The summed E-state index contributed by atoms with van der Waals surface area (Å²) in [7, 11) is 0. The van der Waals surface area contributed by atoms with Gasteiger partial charge in [-0.3, -0.25) is 4.98 Å². The van der Waals surface area contributed by atoms with Crippen LogP contribution in [0.3, 0.4) is 0 Å². The molecule has 0 radical (unpaired) electrons. The van der Waals surface area contributed by atoms with E-state index >= 15 is 0 Å². The van der Waals surface area contributed by atoms with Gasteiger partial charge in [0.15, 0.2) is 11.5 Å². The Morgan fingerprint density at radius 1 is 1.35 bits per heavy atom. The maximum atomic E-state index is 5.53. The first-order valence-electron chi connectivity index (χ1n) is 6.10. The molecule has 1 atom stereocenters. The zero-order valence-electron chi connectivity index (χ0n) is 9.74. The van der Waals surface area contributed by atoms with Crippen LogP contribution >= 0.6 is 0 Å². The highest BCUT2D eigenvalue weighted by Crippen LogP contribution is 2.29. The number of aromatic nitrogens is 1. The van der Waals surface area contributed by atoms with Crippen molar-refractivity contribution >= 4 is 0 Å². The summed E-state index contributed by atoms with van der Waals surface area (Å²) in [5.41, 5.74) is 1.00. The predicted molar refractivity (Wildman–Crippen MR) is 63.3 cm³/mol. The molecule has 3 rings (SSSR count). The van der Waals surface area contributed by atoms with E-state index in [2.05, 4.69) is 15.6 Å². The fourth-order valence-electron chi connectivity index (χ4n) is 2.16. The standard InChI is InChI=1S/C12H17N3O2/c1-2-13-6-9(1)14-7-10-5-11-12(8-15-10)17-4-3-16-11/h5,8-9,13-14H,1-4,6-7H2/t9-/m0/s1. The molecule has 1 fully saturated rings. The van der Waals surface area contributed by atoms with Gasteiger partial charge in [-0.1, -0.05) is 0 Å². The Labute approximate surface area is 101 Å². The molecule has 5 nitrogen and oxygen atoms in total. The predicted octanol–water partition coefficient (Wildman–Crippen LogP) is 0.304. The van der Waals surface area contributed by atoms with E-state index in [1.54, 1.807) is 6.20 Å². The van der Waals surface area contributed by atoms with Crippen LogP contribution < -0.4 is 20.1 Å². The average molecular weight is 235 g/mol. The first kappa shape index (κ1) is 10.8. The molecule has 1 aromatic rings. The highest BCUT2D eigenvalue weighted by Gasteiger charge is 2.15. The molecule has 0 bridgehead atoms. The molecular weight excluding hydrogens is 218 g/mol. The normalized spacial score (nSPS) is 22.7. The van der Waals surface area contributed by atoms with E-state index in [9.17, 15) is 0 Å². The maximum absolute atomic E-state index is 5.53. The zero-order valence-corrected chi connectivity index (χ0v) is 9.74. The first-order chi connectivity index (χ1) is 8.42. The van der Waals surface area contributed by atoms with Crippen molar-refractivity contribution in [1.82, 2.24) is 15.6 Å². The van der Waals surface area contributed by atoms with Crippen molar-refractivity contribution in [2.45, 2.75) is 19.0 Å². The second-order valence-corrected chi connectivity index (χ2v) is 4.39. The van der Waals surface area contributed by atoms with Gasteiger partial charge in [-0.25, -0.2) is 0 Å². The minimum absolute atomic E-state index is 0.560. The molecule has 1 saturated heterocycles. The highest BCUT2D eigenvalue weighted by molar-refractivity contribution is 5.39. The van der Waals surface area contributed by atoms with Crippen LogP contribution in [0.4, 0.5) is 0 Å². The number of nitrogens with one attached hydrogen (secondary N) is 2. The lowest BCUT2D eigenvalue weighted by atomic mass is 10.2. The lowest BCUT2D eigenvalue weighted by Crippen LogP contribution is -2.30. The minimum atomic E-state index is 0.560. The molecule has 17 heavy (non-hydrogen) atoms. The Balaban J connectivity index is 1.62. The van der Waals surface area contributed by atoms with E-state index in [4.69, 9.17) is 9.47 Å². The van der Waals surface area contributed by atoms with Gasteiger partial charge >= 0.3 is 0 Å². The topological polar surface area (TPSA) is 55.4 Å². The van der Waals surface area contributed by atoms with Crippen molar-refractivity contribution in [2.75, 3.05) is 26.3 Å². The smallest absolute Gasteiger partial charge is 0.179 e. The van der Waals surface area contributed by atoms with Gasteiger partial charge in [0.05, 0.1) is 11.9 Å². The molecule has 2 N–H and O–H groups in total. The third-order valence-corrected chi connectivity index (χ3v) is 3.12. The molecule has 0 unspecified atom stereocenters. The third-order valence-electron chi connectivity index (χ3n) is 3.12. The van der Waals surface area contributed by atoms with Gasteiger partial charge in [0.1, 0.15) is 13.2 Å². The summed E-state index contributed by atoms with van der Waals surface area (Å²) in [4.78, 5) is 4.37. The Morgan fingerprint density at radius 2 is 2.24 bits per heavy atom. The van der Waals surface area contributed by atoms with Crippen LogP contribution in [0, 0.1) is 0 Å². The number of nitrogens with zero attached hydrogens (tertiary/aromatic N) is 1. The molecule has 0 amide bonds. The number of rotatable bonds is 3. The Kier molecular flexibility index (Phi) is 3.11. The molecule has 0 aromatic carbocycles. The van der Waals surface area contributed by atoms with Gasteiger partial charge in [0, 0.05) is 25.2 Å². The second kappa shape index (κ2) is 4.89. The summed E-state index contributed by atoms with van der Waals surface area (Å²) in [5, 5.41) is 6.81. The van der Waals surface area contributed by atoms with Crippen molar-refractivity contribution in [3.63, 3.8) is 0 Å². The van der Waals surface area contributed by atoms with Gasteiger partial charge in [-0.15, -0.1) is 0 Å². The summed E-state index contributed by atoms with van der Waals surface area (Å²) < 4.78 is 11.0. The molecule has 92 valence electrons. The van der Waals surface area contributed by atoms with Crippen LogP contribution in [0.5, 0.6) is 11.5 Å². The largest absolute Gasteiger partial charge is 0.486 e. The quantitative estimate of drug-likeness (QED) is 0.789. The number of hydrogen-bond donors (Lipinski definition) is 2. The fourth-order valence-corrected chi connectivity index (χ4v) is 2.16. The number of pyridine rings is 1. The molecular formula is C12H17N3O2. The first-order valence-corrected chi connectivity index (χ1v) is 6.10. The average Bonchev–Trinajstić information content (AvgIpc) is 2.89. The van der Waals surface area contributed by atoms with Gasteiger partial charge < -0.3 is 20.1 Å². The molecule has 1 aromatic heterocycles. The second-order valence-electron chi connectivity index (χ2n) is 4.39. The van der Waals surface area contributed by atoms with Gasteiger partial charge in [0.25, 0.3) is 0 Å². The van der Waals surface area contributed by atoms with Crippen molar-refractivity contribution < 1.29 is 9.47 Å². The molecule has 0 spiro atoms. The van der Waals surface area contributed by atoms with Crippen LogP contribution in [0.2, 0.25) is 0 Å². The lowest BCUT2D eigenvalue weighted by molar-refractivity contribution is 0.170. The van der Waals surface area contributed by atoms with Crippen molar-refractivity contribution in [2.24, 2.45) is 0 Å². The molecule has 3 heterocycles. The van der Waals surface area contributed by atoms with Gasteiger partial charge in [-0.2, -0.15) is 0 Å². The maximum Gasteiger partial charge on any atom is 0.179 e. The lowest BCUT2D eigenvalue weighted by Gasteiger charge is -2.18. The SMILES string of the molecule is c1nc(CN[C@H]2CCNC2)cc2c1OCCO2. The van der Waals surface area contributed by atoms with E-state index in [1.165, 1.54) is 6.42 Å². The number of fused-ring (bicyclic) bond motifs is 1. The van der Waals surface area contributed by atoms with Crippen molar-refractivity contribution in [3.8, 4) is 11.5 Å². The van der Waals surface area contributed by atoms with E-state index in [0.29, 0.717) is 19.3 Å². The fraction of sp³-hybridized carbons (Fsp3) is 0.583. The monoisotopic (exact) mass is 235 g/mol. The van der Waals surface area contributed by atoms with Crippen LogP contribution in [0.1, 0.15) is 12.1 Å². The van der Waals surface area contributed by atoms with E-state index in [1.807, 2.05) is 6.07 Å². The minimum Gasteiger partial charge on any atom is -0.486 e. The number of ether oxygens (including phenoxy) is 2. The van der Waals surface area contributed by atoms with Crippen LogP contribution in [0.15, 0.2) is 12.3 Å². The molecule has 0 saturated carbocycles. The van der Waals surface area contributed by atoms with E-state index in [0.717, 1.165) is 36.8 Å². The summed E-state index contributed by atoms with van der Waals surface area (Å²) in [6.45, 7) is 4.16. The van der Waals surface area contributed by atoms with Gasteiger partial charge in [0.2, 0.25) is 0 Å². The summed E-state index contributed by atoms with van der Waals surface area (Å²) in [5.74, 6) is 1.56. The van der Waals surface area contributed by atoms with E-state index in [-0.39, 0.29) is 0 Å². The van der Waals surface area contributed by atoms with Gasteiger partial charge in [-0.05, 0) is 13.0 Å². The van der Waals surface area contributed by atoms with E-state index < -0.39 is 0 Å². The summed E-state index contributed by atoms with van der Waals surface area (Å²) in [6, 6.07) is 2.52. The van der Waals surface area contributed by atoms with Crippen LogP contribution in [-0.2, 0) is 6.54 Å². The zero-order chi connectivity index (χ0) is 11.5. The molecule has 2 aliphatic rings.